The maximum Gasteiger partial charge on any atom is 0.275 e. The summed E-state index contributed by atoms with van der Waals surface area (Å²) >= 11 is 0. The summed E-state index contributed by atoms with van der Waals surface area (Å²) in [5.74, 6) is 0.571. The van der Waals surface area contributed by atoms with Crippen LogP contribution in [-0.2, 0) is 6.42 Å². The van der Waals surface area contributed by atoms with Gasteiger partial charge in [-0.05, 0) is 24.1 Å². The predicted molar refractivity (Wildman–Crippen MR) is 90.7 cm³/mol. The van der Waals surface area contributed by atoms with Crippen molar-refractivity contribution in [3.63, 3.8) is 0 Å². The minimum absolute atomic E-state index is 0.0708. The van der Waals surface area contributed by atoms with Gasteiger partial charge in [0.2, 0.25) is 0 Å². The number of fused-ring (bicyclic) bond motifs is 2. The molecule has 0 fully saturated rings. The van der Waals surface area contributed by atoms with Crippen LogP contribution in [-0.4, -0.2) is 30.3 Å². The highest BCUT2D eigenvalue weighted by Crippen LogP contribution is 2.46. The molecule has 0 amide bonds. The number of ether oxygens (including phenoxy) is 1. The summed E-state index contributed by atoms with van der Waals surface area (Å²) in [6.07, 6.45) is 1.04. The summed E-state index contributed by atoms with van der Waals surface area (Å²) in [7, 11) is 1.55. The van der Waals surface area contributed by atoms with Gasteiger partial charge in [0.1, 0.15) is 11.4 Å². The monoisotopic (exact) mass is 329 g/mol. The number of benzene rings is 2. The predicted octanol–water partition coefficient (Wildman–Crippen LogP) is 2.53. The first-order valence-electron chi connectivity index (χ1n) is 7.74. The Kier molecular flexibility index (Phi) is 4.64. The zero-order valence-corrected chi connectivity index (χ0v) is 13.4. The van der Waals surface area contributed by atoms with Crippen molar-refractivity contribution in [1.82, 2.24) is 5.43 Å². The molecule has 2 aromatic carbocycles. The number of aliphatic hydroxyl groups excluding tert-OH is 1. The minimum Gasteiger partial charge on any atom is -0.494 e. The van der Waals surface area contributed by atoms with Gasteiger partial charge in [-0.2, -0.15) is 0 Å². The zero-order valence-electron chi connectivity index (χ0n) is 13.4. The van der Waals surface area contributed by atoms with Crippen molar-refractivity contribution in [2.24, 2.45) is 0 Å². The van der Waals surface area contributed by atoms with Crippen LogP contribution in [0.5, 0.6) is 5.75 Å². The highest BCUT2D eigenvalue weighted by Gasteiger charge is 2.31. The number of para-hydroxylation sites is 1. The summed E-state index contributed by atoms with van der Waals surface area (Å²) < 4.78 is 5.45. The van der Waals surface area contributed by atoms with Crippen LogP contribution in [0.4, 0.5) is 17.1 Å². The number of anilines is 2. The molecular weight excluding hydrogens is 310 g/mol. The van der Waals surface area contributed by atoms with E-state index < -0.39 is 0 Å². The smallest absolute Gasteiger partial charge is 0.275 e. The summed E-state index contributed by atoms with van der Waals surface area (Å²) in [4.78, 5) is 11.1. The van der Waals surface area contributed by atoms with Crippen molar-refractivity contribution in [2.45, 2.75) is 12.8 Å². The molecular formula is C17H19N3O4. The van der Waals surface area contributed by atoms with E-state index in [1.165, 1.54) is 6.07 Å². The van der Waals surface area contributed by atoms with Crippen LogP contribution in [0.2, 0.25) is 0 Å². The molecule has 0 saturated heterocycles. The van der Waals surface area contributed by atoms with Crippen LogP contribution in [0.1, 0.15) is 17.5 Å². The quantitative estimate of drug-likeness (QED) is 0.481. The number of hydrogen-bond donors (Lipinski definition) is 2. The average Bonchev–Trinajstić information content (AvgIpc) is 2.60. The van der Waals surface area contributed by atoms with Crippen molar-refractivity contribution >= 4 is 17.1 Å². The second-order valence-corrected chi connectivity index (χ2v) is 5.50. The third kappa shape index (κ3) is 2.79. The van der Waals surface area contributed by atoms with Gasteiger partial charge in [0, 0.05) is 25.6 Å². The standard InChI is InChI=1S/C17H19N3O4/c1-24-16-8-7-15(20(22)23)13-11-12-5-2-3-6-14(12)19(17(13)16)18-9-4-10-21/h2-3,5-8,18,21H,4,9-11H2,1H3. The van der Waals surface area contributed by atoms with E-state index in [2.05, 4.69) is 5.43 Å². The molecule has 0 aliphatic carbocycles. The largest absolute Gasteiger partial charge is 0.494 e. The van der Waals surface area contributed by atoms with Crippen molar-refractivity contribution in [3.05, 3.63) is 57.6 Å². The van der Waals surface area contributed by atoms with E-state index in [9.17, 15) is 10.1 Å². The van der Waals surface area contributed by atoms with Crippen LogP contribution in [0.3, 0.4) is 0 Å². The number of aliphatic hydroxyl groups is 1. The van der Waals surface area contributed by atoms with Crippen molar-refractivity contribution in [3.8, 4) is 5.75 Å². The normalized spacial score (nSPS) is 12.5. The van der Waals surface area contributed by atoms with E-state index in [1.807, 2.05) is 29.3 Å². The number of methoxy groups -OCH3 is 1. The SMILES string of the molecule is COc1ccc([N+](=O)[O-])c2c1N(NCCCO)c1ccccc1C2. The minimum atomic E-state index is -0.363. The second-order valence-electron chi connectivity index (χ2n) is 5.50. The molecule has 1 aliphatic rings. The van der Waals surface area contributed by atoms with Gasteiger partial charge < -0.3 is 9.84 Å². The lowest BCUT2D eigenvalue weighted by molar-refractivity contribution is -0.385. The van der Waals surface area contributed by atoms with Crippen molar-refractivity contribution in [1.29, 1.82) is 0 Å². The van der Waals surface area contributed by atoms with Gasteiger partial charge in [0.05, 0.1) is 23.3 Å². The van der Waals surface area contributed by atoms with Crippen molar-refractivity contribution in [2.75, 3.05) is 25.3 Å². The fourth-order valence-corrected chi connectivity index (χ4v) is 2.98. The molecule has 1 aliphatic heterocycles. The Balaban J connectivity index is 2.15. The number of hydrogen-bond acceptors (Lipinski definition) is 6. The Morgan fingerprint density at radius 2 is 2.12 bits per heavy atom. The topological polar surface area (TPSA) is 87.9 Å². The Morgan fingerprint density at radius 3 is 2.83 bits per heavy atom. The molecule has 2 N–H and O–H groups in total. The molecule has 0 atom stereocenters. The molecule has 0 aromatic heterocycles. The van der Waals surface area contributed by atoms with E-state index >= 15 is 0 Å². The first-order chi connectivity index (χ1) is 11.7. The third-order valence-corrected chi connectivity index (χ3v) is 4.07. The number of nitro groups is 1. The molecule has 0 bridgehead atoms. The molecule has 0 radical (unpaired) electrons. The van der Waals surface area contributed by atoms with Gasteiger partial charge in [-0.15, -0.1) is 0 Å². The zero-order chi connectivity index (χ0) is 17.1. The van der Waals surface area contributed by atoms with E-state index in [-0.39, 0.29) is 17.2 Å². The molecule has 24 heavy (non-hydrogen) atoms. The summed E-state index contributed by atoms with van der Waals surface area (Å²) in [5, 5.41) is 22.3. The molecule has 0 saturated carbocycles. The Bertz CT molecular complexity index is 763. The lowest BCUT2D eigenvalue weighted by Crippen LogP contribution is -2.38. The molecule has 0 unspecified atom stereocenters. The summed E-state index contributed by atoms with van der Waals surface area (Å²) in [5.41, 5.74) is 6.53. The van der Waals surface area contributed by atoms with E-state index in [0.29, 0.717) is 36.4 Å². The van der Waals surface area contributed by atoms with Gasteiger partial charge in [-0.1, -0.05) is 18.2 Å². The van der Waals surface area contributed by atoms with Crippen LogP contribution in [0.25, 0.3) is 0 Å². The maximum atomic E-state index is 11.4. The number of hydrazine groups is 1. The second kappa shape index (κ2) is 6.86. The first kappa shape index (κ1) is 16.2. The average molecular weight is 329 g/mol. The number of rotatable bonds is 6. The molecule has 2 aromatic rings. The molecule has 7 nitrogen and oxygen atoms in total. The van der Waals surface area contributed by atoms with Gasteiger partial charge in [-0.25, -0.2) is 5.43 Å². The molecule has 126 valence electrons. The van der Waals surface area contributed by atoms with Crippen LogP contribution < -0.4 is 15.2 Å². The van der Waals surface area contributed by atoms with Gasteiger partial charge >= 0.3 is 0 Å². The lowest BCUT2D eigenvalue weighted by atomic mass is 9.94. The van der Waals surface area contributed by atoms with Gasteiger partial charge in [0.25, 0.3) is 5.69 Å². The Morgan fingerprint density at radius 1 is 1.33 bits per heavy atom. The Labute approximate surface area is 139 Å². The molecule has 0 spiro atoms. The summed E-state index contributed by atoms with van der Waals surface area (Å²) in [6.45, 7) is 0.609. The molecule has 1 heterocycles. The first-order valence-corrected chi connectivity index (χ1v) is 7.74. The number of nitrogens with one attached hydrogen (secondary N) is 1. The third-order valence-electron chi connectivity index (χ3n) is 4.07. The fourth-order valence-electron chi connectivity index (χ4n) is 2.98. The Hall–Kier alpha value is -2.64. The lowest BCUT2D eigenvalue weighted by Gasteiger charge is -2.34. The van der Waals surface area contributed by atoms with Gasteiger partial charge in [0.15, 0.2) is 0 Å². The molecule has 7 heteroatoms. The highest BCUT2D eigenvalue weighted by molar-refractivity contribution is 5.81. The maximum absolute atomic E-state index is 11.4. The number of nitrogens with zero attached hydrogens (tertiary/aromatic N) is 2. The van der Waals surface area contributed by atoms with Crippen LogP contribution in [0.15, 0.2) is 36.4 Å². The van der Waals surface area contributed by atoms with Gasteiger partial charge in [-0.3, -0.25) is 15.1 Å². The number of nitro benzene ring substituents is 1. The van der Waals surface area contributed by atoms with E-state index in [4.69, 9.17) is 9.84 Å². The van der Waals surface area contributed by atoms with Crippen LogP contribution in [0, 0.1) is 10.1 Å². The summed E-state index contributed by atoms with van der Waals surface area (Å²) in [6, 6.07) is 10.9. The van der Waals surface area contributed by atoms with E-state index in [0.717, 1.165) is 11.3 Å². The van der Waals surface area contributed by atoms with Crippen LogP contribution >= 0.6 is 0 Å². The highest BCUT2D eigenvalue weighted by atomic mass is 16.6. The fraction of sp³-hybridized carbons (Fsp3) is 0.294. The molecule has 3 rings (SSSR count). The van der Waals surface area contributed by atoms with Crippen molar-refractivity contribution < 1.29 is 14.8 Å². The van der Waals surface area contributed by atoms with E-state index in [1.54, 1.807) is 13.2 Å².